The molecule has 4 nitrogen and oxygen atoms in total. The van der Waals surface area contributed by atoms with Crippen LogP contribution in [0.5, 0.6) is 11.5 Å². The van der Waals surface area contributed by atoms with Crippen LogP contribution in [0.3, 0.4) is 0 Å². The van der Waals surface area contributed by atoms with E-state index in [2.05, 4.69) is 30.4 Å². The van der Waals surface area contributed by atoms with Crippen molar-refractivity contribution in [2.24, 2.45) is 0 Å². The number of benzene rings is 1. The number of fused-ring (bicyclic) bond motifs is 4. The summed E-state index contributed by atoms with van der Waals surface area (Å²) in [5, 5.41) is 3.54. The second kappa shape index (κ2) is 4.60. The second-order valence-corrected chi connectivity index (χ2v) is 5.98. The summed E-state index contributed by atoms with van der Waals surface area (Å²) in [6.07, 6.45) is 5.36. The topological polar surface area (TPSA) is 47.6 Å². The quantitative estimate of drug-likeness (QED) is 0.858. The number of carbonyl (C=O) groups is 1. The highest BCUT2D eigenvalue weighted by Crippen LogP contribution is 2.46. The molecule has 2 heterocycles. The van der Waals surface area contributed by atoms with Crippen molar-refractivity contribution < 1.29 is 14.3 Å². The molecule has 0 spiro atoms. The van der Waals surface area contributed by atoms with Gasteiger partial charge < -0.3 is 14.8 Å². The number of ether oxygens (including phenoxy) is 2. The summed E-state index contributed by atoms with van der Waals surface area (Å²) in [7, 11) is 0. The SMILES string of the molecule is CC[C@]12C=CC(=O)C[C@@H]1NCc1cc3c(cc12)OCCO3. The zero-order valence-corrected chi connectivity index (χ0v) is 12.1. The molecule has 2 atom stereocenters. The first-order valence-corrected chi connectivity index (χ1v) is 7.61. The first-order valence-electron chi connectivity index (χ1n) is 7.61. The summed E-state index contributed by atoms with van der Waals surface area (Å²) >= 11 is 0. The standard InChI is InChI=1S/C17H19NO3/c1-2-17-4-3-12(19)8-16(17)18-10-11-7-14-15(9-13(11)17)21-6-5-20-14/h3-4,7,9,16,18H,2,5-6,8,10H2,1H3/t16-,17+/m0/s1. The maximum atomic E-state index is 11.7. The Bertz CT molecular complexity index is 637. The van der Waals surface area contributed by atoms with Crippen LogP contribution in [0.2, 0.25) is 0 Å². The van der Waals surface area contributed by atoms with Gasteiger partial charge in [0.1, 0.15) is 13.2 Å². The van der Waals surface area contributed by atoms with Crippen molar-refractivity contribution in [1.82, 2.24) is 5.32 Å². The zero-order valence-electron chi connectivity index (χ0n) is 12.1. The molecular weight excluding hydrogens is 266 g/mol. The number of carbonyl (C=O) groups excluding carboxylic acids is 1. The van der Waals surface area contributed by atoms with E-state index in [1.54, 1.807) is 6.08 Å². The van der Waals surface area contributed by atoms with Gasteiger partial charge in [0.2, 0.25) is 0 Å². The second-order valence-electron chi connectivity index (χ2n) is 5.98. The molecule has 4 heteroatoms. The summed E-state index contributed by atoms with van der Waals surface area (Å²) in [6.45, 7) is 4.16. The Hall–Kier alpha value is -1.81. The van der Waals surface area contributed by atoms with Crippen molar-refractivity contribution in [3.63, 3.8) is 0 Å². The third kappa shape index (κ3) is 1.82. The average Bonchev–Trinajstić information content (AvgIpc) is 2.53. The number of ketones is 1. The maximum absolute atomic E-state index is 11.7. The van der Waals surface area contributed by atoms with E-state index >= 15 is 0 Å². The molecule has 110 valence electrons. The van der Waals surface area contributed by atoms with Crippen LogP contribution < -0.4 is 14.8 Å². The molecule has 2 aliphatic heterocycles. The predicted molar refractivity (Wildman–Crippen MR) is 78.8 cm³/mol. The molecule has 0 amide bonds. The number of rotatable bonds is 1. The van der Waals surface area contributed by atoms with Crippen LogP contribution in [0.15, 0.2) is 24.3 Å². The predicted octanol–water partition coefficient (Wildman–Crippen LogP) is 2.11. The molecule has 1 aliphatic carbocycles. The molecule has 0 saturated heterocycles. The summed E-state index contributed by atoms with van der Waals surface area (Å²) in [5.41, 5.74) is 2.41. The van der Waals surface area contributed by atoms with Crippen LogP contribution in [0.4, 0.5) is 0 Å². The first kappa shape index (κ1) is 12.9. The summed E-state index contributed by atoms with van der Waals surface area (Å²) in [5.74, 6) is 1.87. The fraction of sp³-hybridized carbons (Fsp3) is 0.471. The van der Waals surface area contributed by atoms with Gasteiger partial charge in [-0.25, -0.2) is 0 Å². The van der Waals surface area contributed by atoms with Crippen molar-refractivity contribution in [1.29, 1.82) is 0 Å². The smallest absolute Gasteiger partial charge is 0.161 e. The summed E-state index contributed by atoms with van der Waals surface area (Å²) in [6, 6.07) is 4.39. The molecule has 0 bridgehead atoms. The lowest BCUT2D eigenvalue weighted by Crippen LogP contribution is -2.53. The van der Waals surface area contributed by atoms with Gasteiger partial charge in [-0.2, -0.15) is 0 Å². The highest BCUT2D eigenvalue weighted by Gasteiger charge is 2.44. The van der Waals surface area contributed by atoms with Crippen molar-refractivity contribution in [2.45, 2.75) is 37.8 Å². The van der Waals surface area contributed by atoms with E-state index in [9.17, 15) is 4.79 Å². The maximum Gasteiger partial charge on any atom is 0.161 e. The van der Waals surface area contributed by atoms with Crippen LogP contribution in [-0.2, 0) is 16.8 Å². The Kier molecular flexibility index (Phi) is 2.82. The molecule has 1 aromatic carbocycles. The van der Waals surface area contributed by atoms with Crippen molar-refractivity contribution in [3.8, 4) is 11.5 Å². The van der Waals surface area contributed by atoms with Crippen molar-refractivity contribution in [2.75, 3.05) is 13.2 Å². The van der Waals surface area contributed by atoms with Gasteiger partial charge in [-0.3, -0.25) is 4.79 Å². The molecule has 0 radical (unpaired) electrons. The Labute approximate surface area is 124 Å². The van der Waals surface area contributed by atoms with Gasteiger partial charge in [0.05, 0.1) is 0 Å². The minimum atomic E-state index is -0.114. The minimum absolute atomic E-state index is 0.114. The minimum Gasteiger partial charge on any atom is -0.486 e. The number of nitrogens with one attached hydrogen (secondary N) is 1. The van der Waals surface area contributed by atoms with Crippen molar-refractivity contribution >= 4 is 5.78 Å². The molecule has 4 rings (SSSR count). The Balaban J connectivity index is 1.89. The fourth-order valence-corrected chi connectivity index (χ4v) is 3.84. The van der Waals surface area contributed by atoms with E-state index in [0.717, 1.165) is 24.5 Å². The van der Waals surface area contributed by atoms with Gasteiger partial charge >= 0.3 is 0 Å². The zero-order chi connectivity index (χ0) is 14.4. The summed E-state index contributed by atoms with van der Waals surface area (Å²) < 4.78 is 11.4. The fourth-order valence-electron chi connectivity index (χ4n) is 3.84. The molecule has 21 heavy (non-hydrogen) atoms. The van der Waals surface area contributed by atoms with Gasteiger partial charge in [-0.15, -0.1) is 0 Å². The van der Waals surface area contributed by atoms with Gasteiger partial charge in [0, 0.05) is 24.4 Å². The number of hydrogen-bond donors (Lipinski definition) is 1. The molecular formula is C17H19NO3. The average molecular weight is 285 g/mol. The van der Waals surface area contributed by atoms with E-state index in [4.69, 9.17) is 9.47 Å². The molecule has 1 N–H and O–H groups in total. The van der Waals surface area contributed by atoms with Crippen LogP contribution in [-0.4, -0.2) is 25.0 Å². The Morgan fingerprint density at radius 2 is 2.05 bits per heavy atom. The first-order chi connectivity index (χ1) is 10.2. The van der Waals surface area contributed by atoms with Crippen LogP contribution in [0.25, 0.3) is 0 Å². The molecule has 0 saturated carbocycles. The molecule has 0 fully saturated rings. The van der Waals surface area contributed by atoms with E-state index in [1.807, 2.05) is 0 Å². The van der Waals surface area contributed by atoms with Gasteiger partial charge in [-0.05, 0) is 35.8 Å². The van der Waals surface area contributed by atoms with Crippen LogP contribution in [0, 0.1) is 0 Å². The van der Waals surface area contributed by atoms with Crippen LogP contribution >= 0.6 is 0 Å². The third-order valence-electron chi connectivity index (χ3n) is 4.99. The number of hydrogen-bond acceptors (Lipinski definition) is 4. The van der Waals surface area contributed by atoms with Gasteiger partial charge in [0.15, 0.2) is 17.3 Å². The van der Waals surface area contributed by atoms with E-state index in [1.165, 1.54) is 11.1 Å². The lowest BCUT2D eigenvalue weighted by molar-refractivity contribution is -0.116. The molecule has 0 aromatic heterocycles. The number of allylic oxidation sites excluding steroid dienone is 1. The highest BCUT2D eigenvalue weighted by molar-refractivity contribution is 5.92. The van der Waals surface area contributed by atoms with Crippen LogP contribution in [0.1, 0.15) is 30.9 Å². The van der Waals surface area contributed by atoms with Crippen molar-refractivity contribution in [3.05, 3.63) is 35.4 Å². The normalized spacial score (nSPS) is 29.8. The van der Waals surface area contributed by atoms with E-state index in [-0.39, 0.29) is 17.2 Å². The molecule has 0 unspecified atom stereocenters. The summed E-state index contributed by atoms with van der Waals surface area (Å²) in [4.78, 5) is 11.7. The largest absolute Gasteiger partial charge is 0.486 e. The highest BCUT2D eigenvalue weighted by atomic mass is 16.6. The van der Waals surface area contributed by atoms with Gasteiger partial charge in [-0.1, -0.05) is 13.0 Å². The molecule has 1 aromatic rings. The Morgan fingerprint density at radius 3 is 2.81 bits per heavy atom. The van der Waals surface area contributed by atoms with E-state index in [0.29, 0.717) is 19.6 Å². The third-order valence-corrected chi connectivity index (χ3v) is 4.99. The lowest BCUT2D eigenvalue weighted by atomic mass is 9.64. The monoisotopic (exact) mass is 285 g/mol. The van der Waals surface area contributed by atoms with E-state index < -0.39 is 0 Å². The lowest BCUT2D eigenvalue weighted by Gasteiger charge is -2.45. The van der Waals surface area contributed by atoms with Gasteiger partial charge in [0.25, 0.3) is 0 Å². The molecule has 3 aliphatic rings. The Morgan fingerprint density at radius 1 is 1.29 bits per heavy atom.